The van der Waals surface area contributed by atoms with Crippen LogP contribution >= 0.6 is 0 Å². The second kappa shape index (κ2) is 14.3. The Kier molecular flexibility index (Phi) is 12.2. The van der Waals surface area contributed by atoms with Crippen molar-refractivity contribution in [3.63, 3.8) is 0 Å². The number of ether oxygens (including phenoxy) is 2. The molecule has 1 aromatic heterocycles. The number of aliphatic hydroxyl groups is 1. The average molecular weight is 606 g/mol. The molecule has 0 aliphatic rings. The Balaban J connectivity index is 2.03. The maximum absolute atomic E-state index is 13.0. The van der Waals surface area contributed by atoms with Crippen molar-refractivity contribution >= 4 is 28.2 Å². The zero-order valence-electron chi connectivity index (χ0n) is 26.9. The molecule has 1 heterocycles. The van der Waals surface area contributed by atoms with Crippen molar-refractivity contribution in [3.05, 3.63) is 53.8 Å². The van der Waals surface area contributed by atoms with Crippen LogP contribution < -0.4 is 4.74 Å². The van der Waals surface area contributed by atoms with Crippen molar-refractivity contribution in [1.82, 2.24) is 4.98 Å². The number of aliphatic hydroxyl groups excluding tert-OH is 1. The lowest BCUT2D eigenvalue weighted by atomic mass is 10.1. The highest BCUT2D eigenvalue weighted by Crippen LogP contribution is 2.38. The van der Waals surface area contributed by atoms with E-state index in [0.717, 1.165) is 11.3 Å². The summed E-state index contributed by atoms with van der Waals surface area (Å²) in [6.07, 6.45) is 2.90. The smallest absolute Gasteiger partial charge is 0.219 e. The maximum atomic E-state index is 13.0. The second-order valence-corrected chi connectivity index (χ2v) is 23.1. The number of rotatable bonds is 15. The summed E-state index contributed by atoms with van der Waals surface area (Å²) < 4.78 is 29.4. The Hall–Kier alpha value is -2.25. The maximum Gasteiger partial charge on any atom is 0.219 e. The first-order chi connectivity index (χ1) is 18.8. The quantitative estimate of drug-likeness (QED) is 0.0942. The number of oxazole rings is 1. The Bertz CT molecular complexity index is 1140. The van der Waals surface area contributed by atoms with Crippen LogP contribution in [0.5, 0.6) is 5.75 Å². The summed E-state index contributed by atoms with van der Waals surface area (Å²) in [5.74, 6) is 0.681. The van der Waals surface area contributed by atoms with E-state index < -0.39 is 16.6 Å². The third-order valence-electron chi connectivity index (χ3n) is 8.18. The Morgan fingerprint density at radius 2 is 1.61 bits per heavy atom. The fourth-order valence-electron chi connectivity index (χ4n) is 3.39. The standard InChI is InChI=1S/C31H51NO7Si2/c1-30(2,3)40(8,9)38-22-29-32-27(21-37-29)28(34)19-24(33)18-26(39-41(10,11)31(4,5)6)16-17-36-20-23-12-14-25(35-7)15-13-23/h12-15,19,21,26,34H,16-18,20,22H2,1-11H3/b28-19-/t26-/m1/s1. The summed E-state index contributed by atoms with van der Waals surface area (Å²) in [4.78, 5) is 17.4. The van der Waals surface area contributed by atoms with Gasteiger partial charge in [0.25, 0.3) is 0 Å². The molecule has 0 fully saturated rings. The number of methoxy groups -OCH3 is 1. The van der Waals surface area contributed by atoms with Gasteiger partial charge >= 0.3 is 0 Å². The van der Waals surface area contributed by atoms with Crippen molar-refractivity contribution in [3.8, 4) is 5.75 Å². The number of benzene rings is 1. The van der Waals surface area contributed by atoms with Crippen LogP contribution in [0, 0.1) is 0 Å². The van der Waals surface area contributed by atoms with E-state index in [2.05, 4.69) is 72.7 Å². The molecule has 0 bridgehead atoms. The van der Waals surface area contributed by atoms with E-state index in [9.17, 15) is 9.90 Å². The van der Waals surface area contributed by atoms with Crippen molar-refractivity contribution in [2.45, 2.75) is 110 Å². The molecule has 0 saturated carbocycles. The molecule has 0 aliphatic heterocycles. The number of hydrogen-bond donors (Lipinski definition) is 1. The van der Waals surface area contributed by atoms with Gasteiger partial charge < -0.3 is 27.8 Å². The van der Waals surface area contributed by atoms with Crippen LogP contribution in [0.4, 0.5) is 0 Å². The summed E-state index contributed by atoms with van der Waals surface area (Å²) >= 11 is 0. The monoisotopic (exact) mass is 605 g/mol. The van der Waals surface area contributed by atoms with Gasteiger partial charge in [0.2, 0.25) is 5.89 Å². The molecule has 0 spiro atoms. The molecule has 0 amide bonds. The van der Waals surface area contributed by atoms with E-state index in [4.69, 9.17) is 22.7 Å². The van der Waals surface area contributed by atoms with E-state index in [0.29, 0.717) is 25.5 Å². The van der Waals surface area contributed by atoms with Crippen LogP contribution in [0.2, 0.25) is 36.3 Å². The topological polar surface area (TPSA) is 100 Å². The normalized spacial score (nSPS) is 14.3. The number of allylic oxidation sites excluding steroid dienone is 1. The Morgan fingerprint density at radius 1 is 1.00 bits per heavy atom. The van der Waals surface area contributed by atoms with Crippen LogP contribution in [0.25, 0.3) is 5.76 Å². The van der Waals surface area contributed by atoms with Crippen molar-refractivity contribution in [2.24, 2.45) is 0 Å². The first-order valence-corrected chi connectivity index (χ1v) is 20.1. The molecule has 0 unspecified atom stereocenters. The lowest BCUT2D eigenvalue weighted by Crippen LogP contribution is -2.44. The highest BCUT2D eigenvalue weighted by atomic mass is 28.4. The summed E-state index contributed by atoms with van der Waals surface area (Å²) in [6.45, 7) is 22.7. The Labute approximate surface area is 248 Å². The van der Waals surface area contributed by atoms with Crippen molar-refractivity contribution < 1.29 is 32.6 Å². The minimum Gasteiger partial charge on any atom is -0.505 e. The molecule has 2 rings (SSSR count). The molecule has 0 aliphatic carbocycles. The molecule has 230 valence electrons. The van der Waals surface area contributed by atoms with Gasteiger partial charge in [0.1, 0.15) is 30.1 Å². The molecule has 1 aromatic carbocycles. The van der Waals surface area contributed by atoms with E-state index in [-0.39, 0.29) is 46.4 Å². The van der Waals surface area contributed by atoms with E-state index in [1.807, 2.05) is 24.3 Å². The van der Waals surface area contributed by atoms with Crippen molar-refractivity contribution in [1.29, 1.82) is 0 Å². The van der Waals surface area contributed by atoms with Gasteiger partial charge in [0, 0.05) is 19.1 Å². The van der Waals surface area contributed by atoms with E-state index in [1.165, 1.54) is 12.3 Å². The number of hydrogen-bond acceptors (Lipinski definition) is 8. The molecular formula is C31H51NO7Si2. The van der Waals surface area contributed by atoms with Gasteiger partial charge in [-0.15, -0.1) is 0 Å². The number of carbonyl (C=O) groups is 1. The molecule has 2 aromatic rings. The van der Waals surface area contributed by atoms with Crippen LogP contribution in [0.15, 0.2) is 41.0 Å². The largest absolute Gasteiger partial charge is 0.505 e. The lowest BCUT2D eigenvalue weighted by molar-refractivity contribution is -0.116. The molecule has 10 heteroatoms. The van der Waals surface area contributed by atoms with Gasteiger partial charge in [0.15, 0.2) is 22.4 Å². The zero-order chi connectivity index (χ0) is 31.1. The lowest BCUT2D eigenvalue weighted by Gasteiger charge is -2.39. The van der Waals surface area contributed by atoms with Gasteiger partial charge in [-0.1, -0.05) is 53.7 Å². The third kappa shape index (κ3) is 10.8. The zero-order valence-corrected chi connectivity index (χ0v) is 28.9. The van der Waals surface area contributed by atoms with Gasteiger partial charge in [-0.05, 0) is 60.4 Å². The molecule has 0 saturated heterocycles. The minimum atomic E-state index is -2.15. The minimum absolute atomic E-state index is 0.0141. The van der Waals surface area contributed by atoms with E-state index in [1.54, 1.807) is 7.11 Å². The van der Waals surface area contributed by atoms with Crippen LogP contribution in [0.1, 0.15) is 71.5 Å². The molecular weight excluding hydrogens is 555 g/mol. The first-order valence-electron chi connectivity index (χ1n) is 14.3. The first kappa shape index (κ1) is 35.0. The van der Waals surface area contributed by atoms with Gasteiger partial charge in [-0.3, -0.25) is 4.79 Å². The van der Waals surface area contributed by atoms with Crippen LogP contribution in [-0.4, -0.2) is 52.3 Å². The Morgan fingerprint density at radius 3 is 2.17 bits per heavy atom. The summed E-state index contributed by atoms with van der Waals surface area (Å²) in [6, 6.07) is 7.74. The van der Waals surface area contributed by atoms with E-state index >= 15 is 0 Å². The third-order valence-corrected chi connectivity index (χ3v) is 17.2. The fourth-order valence-corrected chi connectivity index (χ4v) is 5.69. The molecule has 8 nitrogen and oxygen atoms in total. The highest BCUT2D eigenvalue weighted by Gasteiger charge is 2.39. The predicted octanol–water partition coefficient (Wildman–Crippen LogP) is 8.06. The predicted molar refractivity (Wildman–Crippen MR) is 168 cm³/mol. The van der Waals surface area contributed by atoms with Crippen LogP contribution in [0.3, 0.4) is 0 Å². The summed E-state index contributed by atoms with van der Waals surface area (Å²) in [5, 5.41) is 10.7. The highest BCUT2D eigenvalue weighted by molar-refractivity contribution is 6.74. The van der Waals surface area contributed by atoms with Gasteiger partial charge in [0.05, 0.1) is 19.8 Å². The van der Waals surface area contributed by atoms with Gasteiger partial charge in [-0.2, -0.15) is 0 Å². The summed E-state index contributed by atoms with van der Waals surface area (Å²) in [7, 11) is -2.49. The number of aromatic nitrogens is 1. The SMILES string of the molecule is COc1ccc(COCC[C@H](CC(=O)/C=C(\O)c2coc(CO[Si](C)(C)C(C)(C)C)n2)O[Si](C)(C)C(C)(C)C)cc1. The van der Waals surface area contributed by atoms with Crippen molar-refractivity contribution in [2.75, 3.05) is 13.7 Å². The summed E-state index contributed by atoms with van der Waals surface area (Å²) in [5.41, 5.74) is 1.25. The molecule has 41 heavy (non-hydrogen) atoms. The molecule has 1 N–H and O–H groups in total. The average Bonchev–Trinajstić information content (AvgIpc) is 3.33. The number of ketones is 1. The van der Waals surface area contributed by atoms with Gasteiger partial charge in [-0.25, -0.2) is 4.98 Å². The second-order valence-electron chi connectivity index (χ2n) is 13.6. The fraction of sp³-hybridized carbons (Fsp3) is 0.613. The molecule has 0 radical (unpaired) electrons. The number of nitrogens with zero attached hydrogens (tertiary/aromatic N) is 1. The van der Waals surface area contributed by atoms with Crippen LogP contribution in [-0.2, 0) is 31.6 Å². The molecule has 1 atom stereocenters. The number of carbonyl (C=O) groups excluding carboxylic acids is 1.